The third-order valence-corrected chi connectivity index (χ3v) is 4.95. The zero-order valence-corrected chi connectivity index (χ0v) is 14.1. The summed E-state index contributed by atoms with van der Waals surface area (Å²) in [6.45, 7) is 0.171. The van der Waals surface area contributed by atoms with Gasteiger partial charge in [-0.05, 0) is 35.9 Å². The van der Waals surface area contributed by atoms with Crippen molar-refractivity contribution in [2.75, 3.05) is 4.90 Å². The summed E-state index contributed by atoms with van der Waals surface area (Å²) in [5.74, 6) is -1.16. The summed E-state index contributed by atoms with van der Waals surface area (Å²) in [5.41, 5.74) is 1.58. The van der Waals surface area contributed by atoms with E-state index in [2.05, 4.69) is 15.9 Å². The van der Waals surface area contributed by atoms with Gasteiger partial charge in [-0.25, -0.2) is 13.6 Å². The van der Waals surface area contributed by atoms with E-state index in [0.717, 1.165) is 4.47 Å². The third kappa shape index (κ3) is 2.92. The van der Waals surface area contributed by atoms with E-state index in [1.54, 1.807) is 30.3 Å². The molecule has 0 aliphatic carbocycles. The summed E-state index contributed by atoms with van der Waals surface area (Å²) in [7, 11) is -3.76. The standard InChI is InChI=1S/C15H11BrN2O4S/c16-10-3-6-13-12(7-10)14(19)15(20)18(13)8-9-1-4-11(5-2-9)23(17,21)22/h1-7H,8H2,(H2,17,21,22). The molecule has 0 fully saturated rings. The molecule has 118 valence electrons. The van der Waals surface area contributed by atoms with Crippen LogP contribution < -0.4 is 10.0 Å². The second kappa shape index (κ2) is 5.55. The highest BCUT2D eigenvalue weighted by atomic mass is 79.9. The topological polar surface area (TPSA) is 97.5 Å². The lowest BCUT2D eigenvalue weighted by molar-refractivity contribution is -0.114. The Labute approximate surface area is 141 Å². The molecule has 2 aromatic carbocycles. The second-order valence-corrected chi connectivity index (χ2v) is 7.55. The highest BCUT2D eigenvalue weighted by molar-refractivity contribution is 9.10. The predicted molar refractivity (Wildman–Crippen MR) is 87.5 cm³/mol. The molecule has 8 heteroatoms. The van der Waals surface area contributed by atoms with Gasteiger partial charge in [0.05, 0.1) is 22.7 Å². The number of nitrogens with two attached hydrogens (primary N) is 1. The Morgan fingerprint density at radius 1 is 1.04 bits per heavy atom. The number of carbonyl (C=O) groups excluding carboxylic acids is 2. The fourth-order valence-corrected chi connectivity index (χ4v) is 3.27. The fraction of sp³-hybridized carbons (Fsp3) is 0.0667. The maximum atomic E-state index is 12.1. The summed E-state index contributed by atoms with van der Waals surface area (Å²) in [5, 5.41) is 5.05. The number of anilines is 1. The molecule has 0 atom stereocenters. The van der Waals surface area contributed by atoms with Gasteiger partial charge in [-0.3, -0.25) is 9.59 Å². The summed E-state index contributed by atoms with van der Waals surface area (Å²) in [4.78, 5) is 25.5. The zero-order valence-electron chi connectivity index (χ0n) is 11.7. The summed E-state index contributed by atoms with van der Waals surface area (Å²) in [6.07, 6.45) is 0. The number of amides is 1. The van der Waals surface area contributed by atoms with Gasteiger partial charge in [-0.15, -0.1) is 0 Å². The molecule has 0 saturated heterocycles. The van der Waals surface area contributed by atoms with Gasteiger partial charge in [-0.1, -0.05) is 28.1 Å². The molecule has 0 spiro atoms. The van der Waals surface area contributed by atoms with Crippen molar-refractivity contribution in [3.05, 3.63) is 58.1 Å². The van der Waals surface area contributed by atoms with Crippen LogP contribution in [0.4, 0.5) is 5.69 Å². The van der Waals surface area contributed by atoms with Gasteiger partial charge in [-0.2, -0.15) is 0 Å². The van der Waals surface area contributed by atoms with E-state index in [4.69, 9.17) is 5.14 Å². The Hall–Kier alpha value is -2.03. The number of nitrogens with zero attached hydrogens (tertiary/aromatic N) is 1. The number of primary sulfonamides is 1. The van der Waals surface area contributed by atoms with Crippen molar-refractivity contribution in [2.45, 2.75) is 11.4 Å². The number of benzene rings is 2. The van der Waals surface area contributed by atoms with Crippen molar-refractivity contribution < 1.29 is 18.0 Å². The molecule has 2 aromatic rings. The fourth-order valence-electron chi connectivity index (χ4n) is 2.40. The van der Waals surface area contributed by atoms with Crippen LogP contribution in [0.5, 0.6) is 0 Å². The SMILES string of the molecule is NS(=O)(=O)c1ccc(CN2C(=O)C(=O)c3cc(Br)ccc32)cc1. The van der Waals surface area contributed by atoms with Crippen molar-refractivity contribution >= 4 is 43.3 Å². The zero-order chi connectivity index (χ0) is 16.8. The monoisotopic (exact) mass is 394 g/mol. The van der Waals surface area contributed by atoms with Gasteiger partial charge in [0, 0.05) is 4.47 Å². The van der Waals surface area contributed by atoms with E-state index in [9.17, 15) is 18.0 Å². The first kappa shape index (κ1) is 15.9. The highest BCUT2D eigenvalue weighted by Gasteiger charge is 2.35. The van der Waals surface area contributed by atoms with Crippen molar-refractivity contribution in [3.63, 3.8) is 0 Å². The maximum Gasteiger partial charge on any atom is 0.299 e. The number of sulfonamides is 1. The molecule has 0 saturated carbocycles. The first-order valence-electron chi connectivity index (χ1n) is 6.55. The number of hydrogen-bond donors (Lipinski definition) is 1. The number of Topliss-reactive ketones (excluding diaryl/α,β-unsaturated/α-hetero) is 1. The number of hydrogen-bond acceptors (Lipinski definition) is 4. The van der Waals surface area contributed by atoms with Gasteiger partial charge in [0.2, 0.25) is 10.0 Å². The number of fused-ring (bicyclic) bond motifs is 1. The van der Waals surface area contributed by atoms with E-state index in [-0.39, 0.29) is 11.4 Å². The molecule has 3 rings (SSSR count). The van der Waals surface area contributed by atoms with Gasteiger partial charge in [0.1, 0.15) is 0 Å². The Morgan fingerprint density at radius 2 is 1.70 bits per heavy atom. The molecule has 6 nitrogen and oxygen atoms in total. The Balaban J connectivity index is 1.92. The van der Waals surface area contributed by atoms with E-state index in [1.165, 1.54) is 17.0 Å². The van der Waals surface area contributed by atoms with Crippen LogP contribution in [0.25, 0.3) is 0 Å². The van der Waals surface area contributed by atoms with E-state index in [1.807, 2.05) is 0 Å². The molecular formula is C15H11BrN2O4S. The first-order chi connectivity index (χ1) is 10.8. The smallest absolute Gasteiger partial charge is 0.299 e. The molecule has 0 aromatic heterocycles. The lowest BCUT2D eigenvalue weighted by Crippen LogP contribution is -2.29. The molecule has 0 bridgehead atoms. The highest BCUT2D eigenvalue weighted by Crippen LogP contribution is 2.32. The van der Waals surface area contributed by atoms with E-state index >= 15 is 0 Å². The van der Waals surface area contributed by atoms with Crippen LogP contribution in [0.1, 0.15) is 15.9 Å². The van der Waals surface area contributed by atoms with Crippen LogP contribution in [0.3, 0.4) is 0 Å². The molecule has 1 heterocycles. The normalized spacial score (nSPS) is 14.3. The van der Waals surface area contributed by atoms with Crippen LogP contribution in [-0.2, 0) is 21.4 Å². The number of carbonyl (C=O) groups is 2. The van der Waals surface area contributed by atoms with E-state index < -0.39 is 21.7 Å². The van der Waals surface area contributed by atoms with Gasteiger partial charge in [0.15, 0.2) is 0 Å². The Bertz CT molecular complexity index is 923. The lowest BCUT2D eigenvalue weighted by Gasteiger charge is -2.16. The number of halogens is 1. The summed E-state index contributed by atoms with van der Waals surface area (Å²) < 4.78 is 23.2. The minimum atomic E-state index is -3.76. The van der Waals surface area contributed by atoms with Gasteiger partial charge < -0.3 is 4.90 Å². The lowest BCUT2D eigenvalue weighted by atomic mass is 10.1. The van der Waals surface area contributed by atoms with Gasteiger partial charge in [0.25, 0.3) is 11.7 Å². The van der Waals surface area contributed by atoms with Gasteiger partial charge >= 0.3 is 0 Å². The van der Waals surface area contributed by atoms with Crippen molar-refractivity contribution in [3.8, 4) is 0 Å². The summed E-state index contributed by atoms with van der Waals surface area (Å²) >= 11 is 3.27. The number of rotatable bonds is 3. The molecular weight excluding hydrogens is 384 g/mol. The minimum Gasteiger partial charge on any atom is -0.300 e. The largest absolute Gasteiger partial charge is 0.300 e. The molecule has 0 radical (unpaired) electrons. The van der Waals surface area contributed by atoms with Crippen LogP contribution in [0.2, 0.25) is 0 Å². The van der Waals surface area contributed by atoms with E-state index in [0.29, 0.717) is 16.8 Å². The average Bonchev–Trinajstić information content (AvgIpc) is 2.72. The number of ketones is 1. The van der Waals surface area contributed by atoms with Crippen molar-refractivity contribution in [1.82, 2.24) is 0 Å². The average molecular weight is 395 g/mol. The maximum absolute atomic E-state index is 12.1. The first-order valence-corrected chi connectivity index (χ1v) is 8.89. The van der Waals surface area contributed by atoms with Crippen LogP contribution in [-0.4, -0.2) is 20.1 Å². The molecule has 1 amide bonds. The third-order valence-electron chi connectivity index (χ3n) is 3.53. The molecule has 1 aliphatic heterocycles. The summed E-state index contributed by atoms with van der Waals surface area (Å²) in [6, 6.07) is 10.9. The predicted octanol–water partition coefficient (Wildman–Crippen LogP) is 1.83. The van der Waals surface area contributed by atoms with Crippen LogP contribution >= 0.6 is 15.9 Å². The van der Waals surface area contributed by atoms with Crippen LogP contribution in [0.15, 0.2) is 51.8 Å². The quantitative estimate of drug-likeness (QED) is 0.802. The molecule has 1 aliphatic rings. The Kier molecular flexibility index (Phi) is 3.83. The molecule has 2 N–H and O–H groups in total. The second-order valence-electron chi connectivity index (χ2n) is 5.07. The molecule has 23 heavy (non-hydrogen) atoms. The Morgan fingerprint density at radius 3 is 2.30 bits per heavy atom. The minimum absolute atomic E-state index is 0.00518. The van der Waals surface area contributed by atoms with Crippen LogP contribution in [0, 0.1) is 0 Å². The van der Waals surface area contributed by atoms with Crippen molar-refractivity contribution in [2.24, 2.45) is 5.14 Å². The molecule has 0 unspecified atom stereocenters. The van der Waals surface area contributed by atoms with Crippen molar-refractivity contribution in [1.29, 1.82) is 0 Å².